The van der Waals surface area contributed by atoms with Crippen LogP contribution in [0.2, 0.25) is 0 Å². The van der Waals surface area contributed by atoms with Crippen LogP contribution in [0.4, 0.5) is 0 Å². The molecular formula is C14H17N3OS2. The maximum absolute atomic E-state index is 12.9. The Kier molecular flexibility index (Phi) is 2.87. The number of thiophene rings is 1. The standard InChI is InChI=1S/C14H17N3OS2/c1-16-6-5-8(7-16)17-13(18)11-9-3-2-4-10(9)20-12(11)15-14(17)19/h8H,2-7H2,1H3,(H,15,19). The van der Waals surface area contributed by atoms with Gasteiger partial charge in [-0.25, -0.2) is 0 Å². The molecule has 0 aromatic carbocycles. The number of aromatic nitrogens is 2. The van der Waals surface area contributed by atoms with Gasteiger partial charge < -0.3 is 9.88 Å². The van der Waals surface area contributed by atoms with Crippen molar-refractivity contribution in [3.8, 4) is 0 Å². The zero-order valence-corrected chi connectivity index (χ0v) is 13.1. The van der Waals surface area contributed by atoms with E-state index in [-0.39, 0.29) is 11.6 Å². The molecule has 1 N–H and O–H groups in total. The number of likely N-dealkylation sites (tertiary alicyclic amines) is 1. The van der Waals surface area contributed by atoms with Gasteiger partial charge in [-0.3, -0.25) is 9.36 Å². The predicted molar refractivity (Wildman–Crippen MR) is 84.4 cm³/mol. The van der Waals surface area contributed by atoms with Crippen LogP contribution in [-0.4, -0.2) is 34.6 Å². The fourth-order valence-corrected chi connectivity index (χ4v) is 5.22. The molecule has 6 heteroatoms. The Morgan fingerprint density at radius 3 is 3.00 bits per heavy atom. The largest absolute Gasteiger partial charge is 0.323 e. The normalized spacial score (nSPS) is 22.8. The summed E-state index contributed by atoms with van der Waals surface area (Å²) < 4.78 is 2.41. The van der Waals surface area contributed by atoms with E-state index in [1.807, 2.05) is 4.57 Å². The number of aryl methyl sites for hydroxylation is 2. The Balaban J connectivity index is 1.97. The number of nitrogens with zero attached hydrogens (tertiary/aromatic N) is 2. The van der Waals surface area contributed by atoms with Crippen LogP contribution in [0.3, 0.4) is 0 Å². The summed E-state index contributed by atoms with van der Waals surface area (Å²) in [5.74, 6) is 0. The van der Waals surface area contributed by atoms with Crippen LogP contribution in [-0.2, 0) is 12.8 Å². The van der Waals surface area contributed by atoms with Crippen molar-refractivity contribution in [3.05, 3.63) is 25.6 Å². The van der Waals surface area contributed by atoms with E-state index in [2.05, 4.69) is 16.9 Å². The van der Waals surface area contributed by atoms with Gasteiger partial charge in [0.25, 0.3) is 5.56 Å². The number of H-pyrrole nitrogens is 1. The second-order valence-electron chi connectivity index (χ2n) is 5.87. The molecule has 3 heterocycles. The number of likely N-dealkylation sites (N-methyl/N-ethyl adjacent to an activating group) is 1. The minimum Gasteiger partial charge on any atom is -0.323 e. The quantitative estimate of drug-likeness (QED) is 0.823. The van der Waals surface area contributed by atoms with Crippen LogP contribution in [0.1, 0.15) is 29.3 Å². The first kappa shape index (κ1) is 12.7. The third kappa shape index (κ3) is 1.75. The molecule has 2 aromatic heterocycles. The number of rotatable bonds is 1. The molecule has 0 radical (unpaired) electrons. The molecule has 0 amide bonds. The number of aromatic amines is 1. The average Bonchev–Trinajstić information content (AvgIpc) is 3.04. The Morgan fingerprint density at radius 2 is 2.25 bits per heavy atom. The van der Waals surface area contributed by atoms with Crippen LogP contribution in [0.25, 0.3) is 10.2 Å². The van der Waals surface area contributed by atoms with Crippen LogP contribution >= 0.6 is 23.6 Å². The molecular weight excluding hydrogens is 290 g/mol. The van der Waals surface area contributed by atoms with Gasteiger partial charge in [-0.2, -0.15) is 0 Å². The van der Waals surface area contributed by atoms with Gasteiger partial charge >= 0.3 is 0 Å². The highest BCUT2D eigenvalue weighted by Crippen LogP contribution is 2.35. The highest BCUT2D eigenvalue weighted by atomic mass is 32.1. The Morgan fingerprint density at radius 1 is 1.40 bits per heavy atom. The van der Waals surface area contributed by atoms with Crippen molar-refractivity contribution in [3.63, 3.8) is 0 Å². The van der Waals surface area contributed by atoms with Gasteiger partial charge in [0.15, 0.2) is 4.77 Å². The van der Waals surface area contributed by atoms with Gasteiger partial charge in [0.1, 0.15) is 4.83 Å². The molecule has 1 aliphatic carbocycles. The fraction of sp³-hybridized carbons (Fsp3) is 0.571. The van der Waals surface area contributed by atoms with Crippen molar-refractivity contribution in [1.29, 1.82) is 0 Å². The van der Waals surface area contributed by atoms with E-state index in [1.165, 1.54) is 16.9 Å². The van der Waals surface area contributed by atoms with E-state index < -0.39 is 0 Å². The first-order valence-electron chi connectivity index (χ1n) is 7.13. The summed E-state index contributed by atoms with van der Waals surface area (Å²) in [6, 6.07) is 0.220. The van der Waals surface area contributed by atoms with E-state index in [4.69, 9.17) is 12.2 Å². The lowest BCUT2D eigenvalue weighted by Gasteiger charge is -2.14. The summed E-state index contributed by atoms with van der Waals surface area (Å²) in [4.78, 5) is 20.8. The maximum atomic E-state index is 12.9. The van der Waals surface area contributed by atoms with Crippen LogP contribution < -0.4 is 5.56 Å². The first-order chi connectivity index (χ1) is 9.65. The monoisotopic (exact) mass is 307 g/mol. The van der Waals surface area contributed by atoms with E-state index in [0.29, 0.717) is 4.77 Å². The maximum Gasteiger partial charge on any atom is 0.263 e. The number of fused-ring (bicyclic) bond motifs is 3. The molecule has 2 aromatic rings. The summed E-state index contributed by atoms with van der Waals surface area (Å²) >= 11 is 7.17. The summed E-state index contributed by atoms with van der Waals surface area (Å²) in [6.45, 7) is 1.95. The van der Waals surface area contributed by atoms with Gasteiger partial charge in [-0.1, -0.05) is 0 Å². The lowest BCUT2D eigenvalue weighted by Crippen LogP contribution is -2.28. The molecule has 0 spiro atoms. The Labute approximate surface area is 126 Å². The van der Waals surface area contributed by atoms with Gasteiger partial charge in [-0.15, -0.1) is 11.3 Å². The SMILES string of the molecule is CN1CCC(n2c(=S)[nH]c3sc4c(c3c2=O)CCC4)C1. The highest BCUT2D eigenvalue weighted by molar-refractivity contribution is 7.71. The van der Waals surface area contributed by atoms with Gasteiger partial charge in [-0.05, 0) is 57.1 Å². The molecule has 20 heavy (non-hydrogen) atoms. The Hall–Kier alpha value is -0.980. The molecule has 0 saturated carbocycles. The summed E-state index contributed by atoms with van der Waals surface area (Å²) in [7, 11) is 2.10. The first-order valence-corrected chi connectivity index (χ1v) is 8.35. The lowest BCUT2D eigenvalue weighted by atomic mass is 10.2. The van der Waals surface area contributed by atoms with Crippen molar-refractivity contribution in [2.24, 2.45) is 0 Å². The van der Waals surface area contributed by atoms with Crippen LogP contribution in [0.5, 0.6) is 0 Å². The number of hydrogen-bond acceptors (Lipinski definition) is 4. The number of hydrogen-bond donors (Lipinski definition) is 1. The molecule has 1 fully saturated rings. The summed E-state index contributed by atoms with van der Waals surface area (Å²) in [6.07, 6.45) is 4.34. The van der Waals surface area contributed by atoms with Crippen molar-refractivity contribution in [2.75, 3.05) is 20.1 Å². The Bertz CT molecular complexity index is 801. The van der Waals surface area contributed by atoms with Gasteiger partial charge in [0.2, 0.25) is 0 Å². The third-order valence-corrected chi connectivity index (χ3v) is 6.03. The van der Waals surface area contributed by atoms with Crippen molar-refractivity contribution in [1.82, 2.24) is 14.5 Å². The predicted octanol–water partition coefficient (Wildman–Crippen LogP) is 2.49. The summed E-state index contributed by atoms with van der Waals surface area (Å²) in [5, 5.41) is 0.908. The average molecular weight is 307 g/mol. The molecule has 0 bridgehead atoms. The summed E-state index contributed by atoms with van der Waals surface area (Å²) in [5.41, 5.74) is 1.41. The third-order valence-electron chi connectivity index (χ3n) is 4.52. The molecule has 1 unspecified atom stereocenters. The van der Waals surface area contributed by atoms with Crippen LogP contribution in [0.15, 0.2) is 4.79 Å². The molecule has 1 atom stereocenters. The molecule has 106 valence electrons. The zero-order valence-electron chi connectivity index (χ0n) is 11.4. The molecule has 1 aliphatic heterocycles. The molecule has 4 rings (SSSR count). The van der Waals surface area contributed by atoms with E-state index in [0.717, 1.165) is 42.6 Å². The van der Waals surface area contributed by atoms with E-state index in [1.54, 1.807) is 11.3 Å². The van der Waals surface area contributed by atoms with E-state index in [9.17, 15) is 4.79 Å². The second-order valence-corrected chi connectivity index (χ2v) is 7.36. The lowest BCUT2D eigenvalue weighted by molar-refractivity contribution is 0.388. The minimum absolute atomic E-state index is 0.128. The molecule has 1 saturated heterocycles. The van der Waals surface area contributed by atoms with Gasteiger partial charge in [0, 0.05) is 11.4 Å². The highest BCUT2D eigenvalue weighted by Gasteiger charge is 2.26. The zero-order chi connectivity index (χ0) is 13.9. The van der Waals surface area contributed by atoms with Gasteiger partial charge in [0.05, 0.1) is 11.4 Å². The molecule has 4 nitrogen and oxygen atoms in total. The van der Waals surface area contributed by atoms with Crippen LogP contribution in [0, 0.1) is 4.77 Å². The topological polar surface area (TPSA) is 41.0 Å². The fourth-order valence-electron chi connectivity index (χ4n) is 3.54. The number of nitrogens with one attached hydrogen (secondary N) is 1. The van der Waals surface area contributed by atoms with Crippen molar-refractivity contribution >= 4 is 33.8 Å². The van der Waals surface area contributed by atoms with E-state index >= 15 is 0 Å². The minimum atomic E-state index is 0.128. The smallest absolute Gasteiger partial charge is 0.263 e. The second kappa shape index (κ2) is 4.51. The van der Waals surface area contributed by atoms with Crippen molar-refractivity contribution in [2.45, 2.75) is 31.7 Å². The van der Waals surface area contributed by atoms with Crippen molar-refractivity contribution < 1.29 is 0 Å². The molecule has 2 aliphatic rings.